The predicted molar refractivity (Wildman–Crippen MR) is 45.2 cm³/mol. The van der Waals surface area contributed by atoms with Crippen LogP contribution in [0.25, 0.3) is 10.2 Å². The van der Waals surface area contributed by atoms with Gasteiger partial charge in [-0.25, -0.2) is 9.97 Å². The van der Waals surface area contributed by atoms with Crippen LogP contribution < -0.4 is 0 Å². The number of halogens is 2. The van der Waals surface area contributed by atoms with E-state index in [1.807, 2.05) is 0 Å². The van der Waals surface area contributed by atoms with E-state index in [9.17, 15) is 0 Å². The molecule has 0 radical (unpaired) electrons. The molecule has 2 heterocycles. The minimum Gasteiger partial charge on any atom is -0.205 e. The van der Waals surface area contributed by atoms with E-state index in [1.54, 1.807) is 6.20 Å². The van der Waals surface area contributed by atoms with Gasteiger partial charge in [-0.2, -0.15) is 4.37 Å². The van der Waals surface area contributed by atoms with E-state index in [2.05, 4.69) is 14.3 Å². The number of hydrogen-bond donors (Lipinski definition) is 0. The summed E-state index contributed by atoms with van der Waals surface area (Å²) in [4.78, 5) is 8.40. The maximum Gasteiger partial charge on any atom is 0.225 e. The maximum absolute atomic E-state index is 5.73. The van der Waals surface area contributed by atoms with Crippen molar-refractivity contribution in [3.63, 3.8) is 0 Å². The molecule has 0 saturated carbocycles. The summed E-state index contributed by atoms with van der Waals surface area (Å²) in [7, 11) is 0. The second-order valence-electron chi connectivity index (χ2n) is 1.83. The fourth-order valence-electron chi connectivity index (χ4n) is 0.706. The van der Waals surface area contributed by atoms with Crippen molar-refractivity contribution < 1.29 is 0 Å². The van der Waals surface area contributed by atoms with Crippen LogP contribution in [0.1, 0.15) is 0 Å². The molecule has 0 saturated heterocycles. The monoisotopic (exact) mass is 205 g/mol. The highest BCUT2D eigenvalue weighted by molar-refractivity contribution is 7.12. The standard InChI is InChI=1S/C5HCl2N3S/c6-3-2-1-8-11-4(2)10-5(7)9-3/h1H. The Labute approximate surface area is 76.2 Å². The van der Waals surface area contributed by atoms with Crippen LogP contribution >= 0.6 is 34.7 Å². The van der Waals surface area contributed by atoms with Gasteiger partial charge in [0, 0.05) is 0 Å². The summed E-state index contributed by atoms with van der Waals surface area (Å²) in [6, 6.07) is 0. The highest BCUT2D eigenvalue weighted by Crippen LogP contribution is 2.23. The summed E-state index contributed by atoms with van der Waals surface area (Å²) in [5.41, 5.74) is 0. The molecule has 2 aromatic heterocycles. The number of rotatable bonds is 0. The number of hydrogen-bond acceptors (Lipinski definition) is 4. The lowest BCUT2D eigenvalue weighted by atomic mass is 10.5. The van der Waals surface area contributed by atoms with Crippen molar-refractivity contribution in [1.29, 1.82) is 0 Å². The molecule has 2 aromatic rings. The Morgan fingerprint density at radius 1 is 1.27 bits per heavy atom. The fourth-order valence-corrected chi connectivity index (χ4v) is 1.88. The largest absolute Gasteiger partial charge is 0.225 e. The fraction of sp³-hybridized carbons (Fsp3) is 0. The third-order valence-corrected chi connectivity index (χ3v) is 2.31. The smallest absolute Gasteiger partial charge is 0.205 e. The molecule has 0 N–H and O–H groups in total. The zero-order chi connectivity index (χ0) is 7.84. The Balaban J connectivity index is 2.91. The summed E-state index contributed by atoms with van der Waals surface area (Å²) < 4.78 is 3.90. The Bertz CT molecular complexity index is 400. The molecular formula is C5HCl2N3S. The third kappa shape index (κ3) is 1.17. The van der Waals surface area contributed by atoms with Gasteiger partial charge >= 0.3 is 0 Å². The summed E-state index contributed by atoms with van der Waals surface area (Å²) in [6.45, 7) is 0. The van der Waals surface area contributed by atoms with Crippen LogP contribution in [-0.4, -0.2) is 14.3 Å². The Kier molecular flexibility index (Phi) is 1.67. The van der Waals surface area contributed by atoms with Crippen molar-refractivity contribution in [3.8, 4) is 0 Å². The zero-order valence-electron chi connectivity index (χ0n) is 5.08. The molecule has 0 amide bonds. The van der Waals surface area contributed by atoms with Crippen LogP contribution in [0.15, 0.2) is 6.20 Å². The number of nitrogens with zero attached hydrogens (tertiary/aromatic N) is 3. The van der Waals surface area contributed by atoms with Gasteiger partial charge in [-0.05, 0) is 23.1 Å². The van der Waals surface area contributed by atoms with E-state index in [-0.39, 0.29) is 5.28 Å². The lowest BCUT2D eigenvalue weighted by Crippen LogP contribution is -1.81. The average molecular weight is 206 g/mol. The lowest BCUT2D eigenvalue weighted by molar-refractivity contribution is 1.23. The molecule has 3 nitrogen and oxygen atoms in total. The normalized spacial score (nSPS) is 10.7. The molecule has 0 unspecified atom stereocenters. The van der Waals surface area contributed by atoms with Gasteiger partial charge in [0.1, 0.15) is 9.98 Å². The molecule has 0 bridgehead atoms. The molecule has 11 heavy (non-hydrogen) atoms. The number of fused-ring (bicyclic) bond motifs is 1. The van der Waals surface area contributed by atoms with Gasteiger partial charge in [0.25, 0.3) is 0 Å². The molecule has 0 aliphatic carbocycles. The Morgan fingerprint density at radius 2 is 2.09 bits per heavy atom. The molecule has 56 valence electrons. The Hall–Kier alpha value is -0.450. The van der Waals surface area contributed by atoms with Crippen LogP contribution in [0.3, 0.4) is 0 Å². The van der Waals surface area contributed by atoms with E-state index in [0.29, 0.717) is 5.15 Å². The summed E-state index contributed by atoms with van der Waals surface area (Å²) in [5.74, 6) is 0. The molecule has 2 rings (SSSR count). The predicted octanol–water partition coefficient (Wildman–Crippen LogP) is 2.39. The van der Waals surface area contributed by atoms with E-state index in [4.69, 9.17) is 23.2 Å². The highest BCUT2D eigenvalue weighted by atomic mass is 35.5. The molecule has 0 spiro atoms. The summed E-state index contributed by atoms with van der Waals surface area (Å²) >= 11 is 12.5. The van der Waals surface area contributed by atoms with Crippen LogP contribution in [-0.2, 0) is 0 Å². The van der Waals surface area contributed by atoms with Gasteiger partial charge < -0.3 is 0 Å². The summed E-state index contributed by atoms with van der Waals surface area (Å²) in [6.07, 6.45) is 1.62. The first-order valence-electron chi connectivity index (χ1n) is 2.71. The van der Waals surface area contributed by atoms with E-state index in [0.717, 1.165) is 10.2 Å². The van der Waals surface area contributed by atoms with E-state index in [1.165, 1.54) is 11.5 Å². The molecule has 0 aliphatic rings. The summed E-state index contributed by atoms with van der Waals surface area (Å²) in [5, 5.41) is 1.27. The molecule has 0 aliphatic heterocycles. The average Bonchev–Trinajstić information content (AvgIpc) is 2.34. The van der Waals surface area contributed by atoms with E-state index >= 15 is 0 Å². The zero-order valence-corrected chi connectivity index (χ0v) is 7.41. The van der Waals surface area contributed by atoms with Gasteiger partial charge in [0.15, 0.2) is 0 Å². The van der Waals surface area contributed by atoms with Crippen molar-refractivity contribution in [2.75, 3.05) is 0 Å². The molecule has 6 heteroatoms. The molecule has 0 aromatic carbocycles. The topological polar surface area (TPSA) is 38.7 Å². The minimum absolute atomic E-state index is 0.159. The van der Waals surface area contributed by atoms with Crippen LogP contribution in [0.5, 0.6) is 0 Å². The van der Waals surface area contributed by atoms with Crippen LogP contribution in [0.2, 0.25) is 10.4 Å². The van der Waals surface area contributed by atoms with Crippen LogP contribution in [0, 0.1) is 0 Å². The highest BCUT2D eigenvalue weighted by Gasteiger charge is 2.05. The van der Waals surface area contributed by atoms with Gasteiger partial charge in [-0.3, -0.25) is 0 Å². The number of aromatic nitrogens is 3. The first kappa shape index (κ1) is 7.21. The first-order valence-corrected chi connectivity index (χ1v) is 4.24. The van der Waals surface area contributed by atoms with Crippen LogP contribution in [0.4, 0.5) is 0 Å². The van der Waals surface area contributed by atoms with Crippen molar-refractivity contribution in [2.45, 2.75) is 0 Å². The first-order chi connectivity index (χ1) is 5.27. The SMILES string of the molecule is Clc1nc(Cl)c2cnsc2n1. The van der Waals surface area contributed by atoms with Gasteiger partial charge in [0.2, 0.25) is 5.28 Å². The lowest BCUT2D eigenvalue weighted by Gasteiger charge is -1.90. The van der Waals surface area contributed by atoms with Crippen molar-refractivity contribution in [2.24, 2.45) is 0 Å². The maximum atomic E-state index is 5.73. The van der Waals surface area contributed by atoms with Crippen molar-refractivity contribution >= 4 is 45.0 Å². The second-order valence-corrected chi connectivity index (χ2v) is 3.30. The second kappa shape index (κ2) is 2.55. The molecule has 0 fully saturated rings. The third-order valence-electron chi connectivity index (χ3n) is 1.16. The van der Waals surface area contributed by atoms with Crippen molar-refractivity contribution in [1.82, 2.24) is 14.3 Å². The van der Waals surface area contributed by atoms with E-state index < -0.39 is 0 Å². The van der Waals surface area contributed by atoms with Gasteiger partial charge in [-0.15, -0.1) is 0 Å². The molecular weight excluding hydrogens is 205 g/mol. The van der Waals surface area contributed by atoms with Gasteiger partial charge in [0.05, 0.1) is 11.6 Å². The van der Waals surface area contributed by atoms with Crippen molar-refractivity contribution in [3.05, 3.63) is 16.6 Å². The molecule has 0 atom stereocenters. The minimum atomic E-state index is 0.159. The quantitative estimate of drug-likeness (QED) is 0.490. The van der Waals surface area contributed by atoms with Gasteiger partial charge in [-0.1, -0.05) is 11.6 Å². The Morgan fingerprint density at radius 3 is 2.91 bits per heavy atom.